The van der Waals surface area contributed by atoms with E-state index in [0.717, 1.165) is 44.3 Å². The number of likely N-dealkylation sites (tertiary alicyclic amines) is 1. The van der Waals surface area contributed by atoms with E-state index in [1.807, 2.05) is 25.1 Å². The van der Waals surface area contributed by atoms with E-state index in [2.05, 4.69) is 15.2 Å². The van der Waals surface area contributed by atoms with Gasteiger partial charge in [-0.2, -0.15) is 0 Å². The average Bonchev–Trinajstić information content (AvgIpc) is 3.65. The lowest BCUT2D eigenvalue weighted by Crippen LogP contribution is -2.41. The maximum absolute atomic E-state index is 13.5. The minimum Gasteiger partial charge on any atom is -0.490 e. The molecule has 1 aromatic heterocycles. The van der Waals surface area contributed by atoms with Crippen LogP contribution < -0.4 is 15.6 Å². The number of amides is 1. The molecular formula is C27H32N4O4. The fourth-order valence-corrected chi connectivity index (χ4v) is 4.63. The average molecular weight is 477 g/mol. The van der Waals surface area contributed by atoms with Crippen LogP contribution in [0.4, 0.5) is 0 Å². The first-order chi connectivity index (χ1) is 16.9. The predicted octanol–water partition coefficient (Wildman–Crippen LogP) is 2.81. The lowest BCUT2D eigenvalue weighted by molar-refractivity contribution is 0.0673. The summed E-state index contributed by atoms with van der Waals surface area (Å²) < 4.78 is 7.72. The Balaban J connectivity index is 1.38. The van der Waals surface area contributed by atoms with Gasteiger partial charge in [-0.25, -0.2) is 4.98 Å². The van der Waals surface area contributed by atoms with Crippen molar-refractivity contribution in [3.05, 3.63) is 64.2 Å². The Kier molecular flexibility index (Phi) is 6.58. The highest BCUT2D eigenvalue weighted by molar-refractivity contribution is 5.95. The van der Waals surface area contributed by atoms with Crippen molar-refractivity contribution in [2.45, 2.75) is 57.8 Å². The molecular weight excluding hydrogens is 444 g/mol. The van der Waals surface area contributed by atoms with Crippen molar-refractivity contribution in [3.63, 3.8) is 0 Å². The van der Waals surface area contributed by atoms with Crippen molar-refractivity contribution in [1.29, 1.82) is 0 Å². The second kappa shape index (κ2) is 9.79. The Morgan fingerprint density at radius 3 is 2.66 bits per heavy atom. The first-order valence-corrected chi connectivity index (χ1v) is 12.4. The van der Waals surface area contributed by atoms with E-state index in [1.165, 1.54) is 10.9 Å². The highest BCUT2D eigenvalue weighted by atomic mass is 16.5. The zero-order valence-corrected chi connectivity index (χ0v) is 20.2. The van der Waals surface area contributed by atoms with Crippen molar-refractivity contribution in [2.24, 2.45) is 0 Å². The Bertz CT molecular complexity index is 1290. The first kappa shape index (κ1) is 23.5. The van der Waals surface area contributed by atoms with Gasteiger partial charge in [-0.3, -0.25) is 14.2 Å². The number of nitrogens with zero attached hydrogens (tertiary/aromatic N) is 3. The second-order valence-electron chi connectivity index (χ2n) is 9.81. The molecule has 0 spiro atoms. The fraction of sp³-hybridized carbons (Fsp3) is 0.444. The normalized spacial score (nSPS) is 17.9. The van der Waals surface area contributed by atoms with Crippen molar-refractivity contribution >= 4 is 16.8 Å². The predicted molar refractivity (Wildman–Crippen MR) is 134 cm³/mol. The maximum atomic E-state index is 13.5. The molecule has 2 aromatic carbocycles. The van der Waals surface area contributed by atoms with E-state index in [1.54, 1.807) is 25.1 Å². The molecule has 184 valence electrons. The summed E-state index contributed by atoms with van der Waals surface area (Å²) in [6.45, 7) is 6.15. The fourth-order valence-electron chi connectivity index (χ4n) is 4.63. The minimum atomic E-state index is -0.334. The van der Waals surface area contributed by atoms with E-state index in [4.69, 9.17) is 4.74 Å². The van der Waals surface area contributed by atoms with Crippen LogP contribution >= 0.6 is 0 Å². The van der Waals surface area contributed by atoms with Crippen LogP contribution in [0.1, 0.15) is 48.5 Å². The summed E-state index contributed by atoms with van der Waals surface area (Å²) in [7, 11) is 0. The molecule has 1 unspecified atom stereocenters. The molecule has 1 aliphatic heterocycles. The summed E-state index contributed by atoms with van der Waals surface area (Å²) in [5.74, 6) is 0.531. The molecule has 1 atom stereocenters. The summed E-state index contributed by atoms with van der Waals surface area (Å²) in [6.07, 6.45) is 5.04. The van der Waals surface area contributed by atoms with Gasteiger partial charge >= 0.3 is 0 Å². The zero-order valence-electron chi connectivity index (χ0n) is 20.2. The molecule has 35 heavy (non-hydrogen) atoms. The Hall–Kier alpha value is -3.23. The standard InChI is InChI=1S/C27H32N4O4/c1-17-3-4-19(26(33)29-20-5-6-20)13-25(17)31-16-28-24-8-7-22(14-23(24)27(31)34)35-21-9-11-30(12-10-21)15-18(2)32/h3-4,7-8,13-14,16,18,20-21,32H,5-6,9-12,15H2,1-2H3,(H,29,33). The number of ether oxygens (including phenoxy) is 1. The molecule has 0 bridgehead atoms. The highest BCUT2D eigenvalue weighted by Gasteiger charge is 2.24. The third kappa shape index (κ3) is 5.39. The number of carbonyl (C=O) groups excluding carboxylic acids is 1. The summed E-state index contributed by atoms with van der Waals surface area (Å²) in [5.41, 5.74) is 2.46. The van der Waals surface area contributed by atoms with Crippen molar-refractivity contribution in [3.8, 4) is 11.4 Å². The van der Waals surface area contributed by atoms with Crippen molar-refractivity contribution in [2.75, 3.05) is 19.6 Å². The molecule has 2 N–H and O–H groups in total. The number of fused-ring (bicyclic) bond motifs is 1. The highest BCUT2D eigenvalue weighted by Crippen LogP contribution is 2.24. The topological polar surface area (TPSA) is 96.7 Å². The van der Waals surface area contributed by atoms with Gasteiger partial charge in [-0.1, -0.05) is 6.07 Å². The molecule has 5 rings (SSSR count). The van der Waals surface area contributed by atoms with Crippen LogP contribution in [0.5, 0.6) is 5.75 Å². The van der Waals surface area contributed by atoms with E-state index in [0.29, 0.717) is 34.4 Å². The van der Waals surface area contributed by atoms with Crippen LogP contribution in [-0.2, 0) is 0 Å². The molecule has 2 fully saturated rings. The van der Waals surface area contributed by atoms with Gasteiger partial charge in [-0.15, -0.1) is 0 Å². The number of benzene rings is 2. The van der Waals surface area contributed by atoms with Crippen LogP contribution in [0.2, 0.25) is 0 Å². The van der Waals surface area contributed by atoms with Gasteiger partial charge in [0.2, 0.25) is 0 Å². The molecule has 1 saturated carbocycles. The van der Waals surface area contributed by atoms with Crippen LogP contribution in [0.3, 0.4) is 0 Å². The van der Waals surface area contributed by atoms with Crippen LogP contribution in [-0.4, -0.2) is 63.3 Å². The first-order valence-electron chi connectivity index (χ1n) is 12.4. The molecule has 8 heteroatoms. The van der Waals surface area contributed by atoms with Crippen molar-refractivity contribution < 1.29 is 14.6 Å². The van der Waals surface area contributed by atoms with E-state index in [-0.39, 0.29) is 29.7 Å². The Morgan fingerprint density at radius 1 is 1.17 bits per heavy atom. The molecule has 1 saturated heterocycles. The largest absolute Gasteiger partial charge is 0.490 e. The third-order valence-corrected chi connectivity index (χ3v) is 6.73. The Morgan fingerprint density at radius 2 is 1.94 bits per heavy atom. The Labute approximate surface area is 204 Å². The molecule has 2 heterocycles. The minimum absolute atomic E-state index is 0.0699. The summed E-state index contributed by atoms with van der Waals surface area (Å²) in [4.78, 5) is 32.8. The number of aliphatic hydroxyl groups is 1. The van der Waals surface area contributed by atoms with Gasteiger partial charge in [0.1, 0.15) is 18.2 Å². The lowest BCUT2D eigenvalue weighted by Gasteiger charge is -2.32. The van der Waals surface area contributed by atoms with E-state index in [9.17, 15) is 14.7 Å². The number of nitrogens with one attached hydrogen (secondary N) is 1. The zero-order chi connectivity index (χ0) is 24.5. The summed E-state index contributed by atoms with van der Waals surface area (Å²) >= 11 is 0. The van der Waals surface area contributed by atoms with Gasteiger partial charge in [0.25, 0.3) is 11.5 Å². The lowest BCUT2D eigenvalue weighted by atomic mass is 10.1. The second-order valence-corrected chi connectivity index (χ2v) is 9.81. The van der Waals surface area contributed by atoms with Gasteiger partial charge in [0.15, 0.2) is 0 Å². The number of rotatable bonds is 7. The van der Waals surface area contributed by atoms with Gasteiger partial charge in [-0.05, 0) is 75.4 Å². The molecule has 8 nitrogen and oxygen atoms in total. The molecule has 1 amide bonds. The number of aliphatic hydroxyl groups excluding tert-OH is 1. The number of piperidine rings is 1. The molecule has 2 aliphatic rings. The summed E-state index contributed by atoms with van der Waals surface area (Å²) in [6, 6.07) is 11.1. The smallest absolute Gasteiger partial charge is 0.265 e. The number of carbonyl (C=O) groups is 1. The number of hydrogen-bond donors (Lipinski definition) is 2. The van der Waals surface area contributed by atoms with Gasteiger partial charge in [0.05, 0.1) is 22.7 Å². The van der Waals surface area contributed by atoms with Crippen LogP contribution in [0.15, 0.2) is 47.5 Å². The quantitative estimate of drug-likeness (QED) is 0.544. The maximum Gasteiger partial charge on any atom is 0.265 e. The number of β-amino-alcohol motifs (C(OH)–C–C–N with tert-alkyl or cyclic N) is 1. The number of aryl methyl sites for hydroxylation is 1. The number of aromatic nitrogens is 2. The molecule has 3 aromatic rings. The van der Waals surface area contributed by atoms with Crippen LogP contribution in [0.25, 0.3) is 16.6 Å². The van der Waals surface area contributed by atoms with Gasteiger partial charge in [0, 0.05) is 31.2 Å². The number of hydrogen-bond acceptors (Lipinski definition) is 6. The molecule has 0 radical (unpaired) electrons. The van der Waals surface area contributed by atoms with Crippen LogP contribution in [0, 0.1) is 6.92 Å². The van der Waals surface area contributed by atoms with Gasteiger partial charge < -0.3 is 20.1 Å². The van der Waals surface area contributed by atoms with Crippen molar-refractivity contribution in [1.82, 2.24) is 19.8 Å². The van der Waals surface area contributed by atoms with E-state index >= 15 is 0 Å². The molecule has 1 aliphatic carbocycles. The van der Waals surface area contributed by atoms with E-state index < -0.39 is 0 Å². The SMILES string of the molecule is Cc1ccc(C(=O)NC2CC2)cc1-n1cnc2ccc(OC3CCN(CC(C)O)CC3)cc2c1=O. The summed E-state index contributed by atoms with van der Waals surface area (Å²) in [5, 5.41) is 13.1. The third-order valence-electron chi connectivity index (χ3n) is 6.73. The monoisotopic (exact) mass is 476 g/mol.